The van der Waals surface area contributed by atoms with Crippen LogP contribution >= 0.6 is 0 Å². The van der Waals surface area contributed by atoms with Gasteiger partial charge in [-0.3, -0.25) is 0 Å². The maximum Gasteiger partial charge on any atom is 0.000497 e. The van der Waals surface area contributed by atoms with E-state index in [1.807, 2.05) is 0 Å². The molecule has 0 aromatic heterocycles. The SMILES string of the molecule is CC(CN)CCNCC(C)(C)C(C)C. The molecule has 0 radical (unpaired) electrons. The lowest BCUT2D eigenvalue weighted by Gasteiger charge is -2.29. The molecule has 14 heavy (non-hydrogen) atoms. The van der Waals surface area contributed by atoms with Gasteiger partial charge in [0.2, 0.25) is 0 Å². The molecule has 0 rings (SSSR count). The van der Waals surface area contributed by atoms with Crippen molar-refractivity contribution in [2.24, 2.45) is 23.0 Å². The number of hydrogen-bond acceptors (Lipinski definition) is 2. The summed E-state index contributed by atoms with van der Waals surface area (Å²) in [6, 6.07) is 0. The molecule has 3 N–H and O–H groups in total. The lowest BCUT2D eigenvalue weighted by molar-refractivity contribution is 0.237. The van der Waals surface area contributed by atoms with E-state index in [0.717, 1.165) is 25.6 Å². The van der Waals surface area contributed by atoms with Gasteiger partial charge < -0.3 is 11.1 Å². The van der Waals surface area contributed by atoms with E-state index in [0.29, 0.717) is 11.3 Å². The summed E-state index contributed by atoms with van der Waals surface area (Å²) in [5, 5.41) is 3.52. The molecule has 1 atom stereocenters. The summed E-state index contributed by atoms with van der Waals surface area (Å²) >= 11 is 0. The average Bonchev–Trinajstić information content (AvgIpc) is 2.11. The predicted octanol–water partition coefficient (Wildman–Crippen LogP) is 2.24. The largest absolute Gasteiger partial charge is 0.330 e. The first-order valence-corrected chi connectivity index (χ1v) is 5.81. The van der Waals surface area contributed by atoms with Gasteiger partial charge in [0.25, 0.3) is 0 Å². The number of nitrogens with one attached hydrogen (secondary N) is 1. The van der Waals surface area contributed by atoms with Crippen molar-refractivity contribution in [3.63, 3.8) is 0 Å². The molecule has 2 heteroatoms. The third-order valence-corrected chi connectivity index (χ3v) is 3.36. The minimum atomic E-state index is 0.395. The van der Waals surface area contributed by atoms with Gasteiger partial charge in [-0.2, -0.15) is 0 Å². The molecule has 2 nitrogen and oxygen atoms in total. The van der Waals surface area contributed by atoms with Crippen LogP contribution in [-0.4, -0.2) is 19.6 Å². The van der Waals surface area contributed by atoms with Crippen LogP contribution in [0.3, 0.4) is 0 Å². The molecular weight excluding hydrogens is 172 g/mol. The number of hydrogen-bond donors (Lipinski definition) is 2. The van der Waals surface area contributed by atoms with E-state index in [9.17, 15) is 0 Å². The summed E-state index contributed by atoms with van der Waals surface area (Å²) in [7, 11) is 0. The van der Waals surface area contributed by atoms with E-state index in [2.05, 4.69) is 39.9 Å². The molecular formula is C12H28N2. The van der Waals surface area contributed by atoms with E-state index >= 15 is 0 Å². The van der Waals surface area contributed by atoms with E-state index in [4.69, 9.17) is 5.73 Å². The van der Waals surface area contributed by atoms with Crippen molar-refractivity contribution < 1.29 is 0 Å². The van der Waals surface area contributed by atoms with Crippen LogP contribution in [0.5, 0.6) is 0 Å². The van der Waals surface area contributed by atoms with Crippen molar-refractivity contribution in [2.75, 3.05) is 19.6 Å². The van der Waals surface area contributed by atoms with Crippen LogP contribution in [0.4, 0.5) is 0 Å². The van der Waals surface area contributed by atoms with Gasteiger partial charge in [-0.25, -0.2) is 0 Å². The first-order chi connectivity index (χ1) is 6.40. The van der Waals surface area contributed by atoms with Gasteiger partial charge in [0.15, 0.2) is 0 Å². The molecule has 0 heterocycles. The van der Waals surface area contributed by atoms with Gasteiger partial charge in [-0.15, -0.1) is 0 Å². The van der Waals surface area contributed by atoms with E-state index in [1.54, 1.807) is 0 Å². The lowest BCUT2D eigenvalue weighted by Crippen LogP contribution is -2.34. The van der Waals surface area contributed by atoms with Gasteiger partial charge in [0.05, 0.1) is 0 Å². The highest BCUT2D eigenvalue weighted by Crippen LogP contribution is 2.24. The van der Waals surface area contributed by atoms with Gasteiger partial charge in [-0.1, -0.05) is 34.6 Å². The van der Waals surface area contributed by atoms with Crippen molar-refractivity contribution in [3.05, 3.63) is 0 Å². The summed E-state index contributed by atoms with van der Waals surface area (Å²) in [6.07, 6.45) is 1.19. The Morgan fingerprint density at radius 2 is 1.79 bits per heavy atom. The second-order valence-corrected chi connectivity index (χ2v) is 5.45. The molecule has 0 saturated heterocycles. The van der Waals surface area contributed by atoms with Crippen LogP contribution in [0.25, 0.3) is 0 Å². The molecule has 86 valence electrons. The first-order valence-electron chi connectivity index (χ1n) is 5.81. The Labute approximate surface area is 89.6 Å². The van der Waals surface area contributed by atoms with Crippen LogP contribution in [0.1, 0.15) is 41.0 Å². The second-order valence-electron chi connectivity index (χ2n) is 5.45. The van der Waals surface area contributed by atoms with E-state index in [1.165, 1.54) is 6.42 Å². The standard InChI is InChI=1S/C12H28N2/c1-10(2)12(4,5)9-14-7-6-11(3)8-13/h10-11,14H,6-9,13H2,1-5H3. The van der Waals surface area contributed by atoms with Crippen LogP contribution in [-0.2, 0) is 0 Å². The Morgan fingerprint density at radius 3 is 2.21 bits per heavy atom. The second kappa shape index (κ2) is 6.41. The molecule has 0 aliphatic heterocycles. The van der Waals surface area contributed by atoms with E-state index in [-0.39, 0.29) is 0 Å². The smallest absolute Gasteiger partial charge is 0.000497 e. The molecule has 0 bridgehead atoms. The summed E-state index contributed by atoms with van der Waals surface area (Å²) in [4.78, 5) is 0. The monoisotopic (exact) mass is 200 g/mol. The number of rotatable bonds is 7. The van der Waals surface area contributed by atoms with Gasteiger partial charge in [0.1, 0.15) is 0 Å². The summed E-state index contributed by atoms with van der Waals surface area (Å²) in [5.74, 6) is 1.37. The number of nitrogens with two attached hydrogens (primary N) is 1. The van der Waals surface area contributed by atoms with Crippen LogP contribution in [0, 0.1) is 17.3 Å². The highest BCUT2D eigenvalue weighted by atomic mass is 14.9. The topological polar surface area (TPSA) is 38.0 Å². The fourth-order valence-electron chi connectivity index (χ4n) is 1.08. The molecule has 1 unspecified atom stereocenters. The Bertz CT molecular complexity index is 141. The van der Waals surface area contributed by atoms with Crippen molar-refractivity contribution in [1.29, 1.82) is 0 Å². The van der Waals surface area contributed by atoms with Crippen molar-refractivity contribution in [2.45, 2.75) is 41.0 Å². The van der Waals surface area contributed by atoms with Crippen molar-refractivity contribution in [1.82, 2.24) is 5.32 Å². The molecule has 0 amide bonds. The minimum Gasteiger partial charge on any atom is -0.330 e. The Hall–Kier alpha value is -0.0800. The molecule has 0 fully saturated rings. The zero-order chi connectivity index (χ0) is 11.2. The molecule has 0 aromatic rings. The van der Waals surface area contributed by atoms with Gasteiger partial charge >= 0.3 is 0 Å². The Balaban J connectivity index is 3.54. The van der Waals surface area contributed by atoms with Gasteiger partial charge in [0, 0.05) is 6.54 Å². The van der Waals surface area contributed by atoms with Gasteiger partial charge in [-0.05, 0) is 36.8 Å². The highest BCUT2D eigenvalue weighted by Gasteiger charge is 2.21. The fourth-order valence-corrected chi connectivity index (χ4v) is 1.08. The highest BCUT2D eigenvalue weighted by molar-refractivity contribution is 4.74. The van der Waals surface area contributed by atoms with Crippen LogP contribution < -0.4 is 11.1 Å². The van der Waals surface area contributed by atoms with Crippen molar-refractivity contribution in [3.8, 4) is 0 Å². The van der Waals surface area contributed by atoms with Crippen molar-refractivity contribution >= 4 is 0 Å². The Morgan fingerprint density at radius 1 is 1.21 bits per heavy atom. The quantitative estimate of drug-likeness (QED) is 0.619. The summed E-state index contributed by atoms with van der Waals surface area (Å²) < 4.78 is 0. The zero-order valence-corrected chi connectivity index (χ0v) is 10.6. The maximum absolute atomic E-state index is 5.56. The normalized spacial score (nSPS) is 14.8. The maximum atomic E-state index is 5.56. The van der Waals surface area contributed by atoms with Crippen LogP contribution in [0.2, 0.25) is 0 Å². The molecule has 0 saturated carbocycles. The fraction of sp³-hybridized carbons (Fsp3) is 1.00. The molecule has 0 aliphatic rings. The first kappa shape index (κ1) is 13.9. The molecule has 0 spiro atoms. The zero-order valence-electron chi connectivity index (χ0n) is 10.6. The molecule has 0 aliphatic carbocycles. The van der Waals surface area contributed by atoms with Crippen LogP contribution in [0.15, 0.2) is 0 Å². The molecule has 0 aromatic carbocycles. The average molecular weight is 200 g/mol. The third kappa shape index (κ3) is 5.61. The lowest BCUT2D eigenvalue weighted by atomic mass is 9.81. The summed E-state index contributed by atoms with van der Waals surface area (Å²) in [6.45, 7) is 14.4. The minimum absolute atomic E-state index is 0.395. The summed E-state index contributed by atoms with van der Waals surface area (Å²) in [5.41, 5.74) is 5.96. The predicted molar refractivity (Wildman–Crippen MR) is 64.3 cm³/mol. The van der Waals surface area contributed by atoms with E-state index < -0.39 is 0 Å². The Kier molecular flexibility index (Phi) is 6.38. The third-order valence-electron chi connectivity index (χ3n) is 3.36.